The molecule has 1 atom stereocenters. The predicted octanol–water partition coefficient (Wildman–Crippen LogP) is 3.43. The van der Waals surface area contributed by atoms with Gasteiger partial charge in [0.1, 0.15) is 12.4 Å². The molecule has 0 saturated heterocycles. The number of carbonyl (C=O) groups excluding carboxylic acids is 1. The number of aromatic nitrogens is 3. The predicted molar refractivity (Wildman–Crippen MR) is 106 cm³/mol. The summed E-state index contributed by atoms with van der Waals surface area (Å²) in [5, 5.41) is 8.75. The Labute approximate surface area is 162 Å². The van der Waals surface area contributed by atoms with Gasteiger partial charge in [0, 0.05) is 5.69 Å². The van der Waals surface area contributed by atoms with Crippen LogP contribution in [0.4, 0.5) is 0 Å². The molecule has 0 aliphatic rings. The molecule has 1 aromatic heterocycles. The molecule has 0 aliphatic carbocycles. The van der Waals surface area contributed by atoms with Crippen molar-refractivity contribution in [3.05, 3.63) is 65.5 Å². The van der Waals surface area contributed by atoms with Crippen molar-refractivity contribution in [1.29, 1.82) is 0 Å². The number of benzene rings is 2. The maximum atomic E-state index is 11.5. The molecule has 0 radical (unpaired) electrons. The molecule has 27 heavy (non-hydrogen) atoms. The Hall–Kier alpha value is -2.80. The molecule has 0 bridgehead atoms. The molecule has 0 spiro atoms. The Morgan fingerprint density at radius 1 is 1.11 bits per heavy atom. The third kappa shape index (κ3) is 4.31. The van der Waals surface area contributed by atoms with Crippen molar-refractivity contribution < 1.29 is 9.53 Å². The standard InChI is InChI=1S/C20H22N4O2S/c1-13-8-7-9-14(2)18(13)26-12-17-22-23-20(27-15(3)19(21)25)24(17)16-10-5-4-6-11-16/h4-11,15H,12H2,1-3H3,(H2,21,25)/t15-/m0/s1. The first-order chi connectivity index (χ1) is 13.0. The van der Waals surface area contributed by atoms with Crippen molar-refractivity contribution >= 4 is 17.7 Å². The van der Waals surface area contributed by atoms with Gasteiger partial charge in [0.2, 0.25) is 5.91 Å². The Morgan fingerprint density at radius 3 is 2.41 bits per heavy atom. The number of carbonyl (C=O) groups is 1. The van der Waals surface area contributed by atoms with Crippen molar-refractivity contribution in [3.8, 4) is 11.4 Å². The van der Waals surface area contributed by atoms with E-state index >= 15 is 0 Å². The van der Waals surface area contributed by atoms with Crippen LogP contribution in [0.3, 0.4) is 0 Å². The number of hydrogen-bond donors (Lipinski definition) is 1. The van der Waals surface area contributed by atoms with E-state index in [9.17, 15) is 4.79 Å². The van der Waals surface area contributed by atoms with Crippen LogP contribution in [-0.4, -0.2) is 25.9 Å². The van der Waals surface area contributed by atoms with Gasteiger partial charge in [-0.3, -0.25) is 9.36 Å². The quantitative estimate of drug-likeness (QED) is 0.633. The second-order valence-corrected chi connectivity index (χ2v) is 7.55. The molecule has 0 unspecified atom stereocenters. The molecule has 1 amide bonds. The molecule has 0 aliphatic heterocycles. The normalized spacial score (nSPS) is 12.0. The van der Waals surface area contributed by atoms with Crippen LogP contribution >= 0.6 is 11.8 Å². The lowest BCUT2D eigenvalue weighted by molar-refractivity contribution is -0.117. The van der Waals surface area contributed by atoms with Crippen molar-refractivity contribution in [2.75, 3.05) is 0 Å². The second-order valence-electron chi connectivity index (χ2n) is 6.24. The summed E-state index contributed by atoms with van der Waals surface area (Å²) in [6, 6.07) is 15.8. The van der Waals surface area contributed by atoms with Gasteiger partial charge in [0.05, 0.1) is 5.25 Å². The largest absolute Gasteiger partial charge is 0.485 e. The SMILES string of the molecule is Cc1cccc(C)c1OCc1nnc(S[C@@H](C)C(N)=O)n1-c1ccccc1. The Morgan fingerprint density at radius 2 is 1.78 bits per heavy atom. The first kappa shape index (κ1) is 19.0. The van der Waals surface area contributed by atoms with Crippen molar-refractivity contribution in [2.45, 2.75) is 37.8 Å². The van der Waals surface area contributed by atoms with Crippen molar-refractivity contribution in [1.82, 2.24) is 14.8 Å². The van der Waals surface area contributed by atoms with Crippen LogP contribution in [0.5, 0.6) is 5.75 Å². The summed E-state index contributed by atoms with van der Waals surface area (Å²) in [4.78, 5) is 11.5. The number of nitrogens with zero attached hydrogens (tertiary/aromatic N) is 3. The molecule has 2 N–H and O–H groups in total. The molecular formula is C20H22N4O2S. The number of nitrogens with two attached hydrogens (primary N) is 1. The molecule has 140 valence electrons. The summed E-state index contributed by atoms with van der Waals surface area (Å²) in [5.74, 6) is 1.11. The zero-order valence-electron chi connectivity index (χ0n) is 15.5. The molecule has 2 aromatic carbocycles. The maximum Gasteiger partial charge on any atom is 0.230 e. The fraction of sp³-hybridized carbons (Fsp3) is 0.250. The zero-order valence-corrected chi connectivity index (χ0v) is 16.4. The first-order valence-electron chi connectivity index (χ1n) is 8.62. The maximum absolute atomic E-state index is 11.5. The minimum atomic E-state index is -0.413. The number of ether oxygens (including phenoxy) is 1. The Bertz CT molecular complexity index is 920. The third-order valence-electron chi connectivity index (χ3n) is 4.15. The zero-order chi connectivity index (χ0) is 19.4. The summed E-state index contributed by atoms with van der Waals surface area (Å²) in [7, 11) is 0. The first-order valence-corrected chi connectivity index (χ1v) is 9.50. The molecule has 3 rings (SSSR count). The van der Waals surface area contributed by atoms with Gasteiger partial charge in [-0.1, -0.05) is 48.2 Å². The van der Waals surface area contributed by atoms with E-state index in [0.717, 1.165) is 22.6 Å². The topological polar surface area (TPSA) is 83.0 Å². The fourth-order valence-corrected chi connectivity index (χ4v) is 3.52. The van der Waals surface area contributed by atoms with E-state index in [1.807, 2.05) is 66.9 Å². The van der Waals surface area contributed by atoms with Crippen LogP contribution in [-0.2, 0) is 11.4 Å². The lowest BCUT2D eigenvalue weighted by Crippen LogP contribution is -2.23. The number of hydrogen-bond acceptors (Lipinski definition) is 5. The van der Waals surface area contributed by atoms with Gasteiger partial charge >= 0.3 is 0 Å². The number of para-hydroxylation sites is 2. The highest BCUT2D eigenvalue weighted by molar-refractivity contribution is 8.00. The van der Waals surface area contributed by atoms with Crippen molar-refractivity contribution in [2.24, 2.45) is 5.73 Å². The Balaban J connectivity index is 1.93. The average Bonchev–Trinajstić information content (AvgIpc) is 3.04. The highest BCUT2D eigenvalue weighted by Crippen LogP contribution is 2.27. The highest BCUT2D eigenvalue weighted by Gasteiger charge is 2.20. The van der Waals surface area contributed by atoms with Gasteiger partial charge in [0.15, 0.2) is 11.0 Å². The van der Waals surface area contributed by atoms with Gasteiger partial charge in [-0.05, 0) is 44.0 Å². The molecular weight excluding hydrogens is 360 g/mol. The summed E-state index contributed by atoms with van der Waals surface area (Å²) < 4.78 is 7.96. The van der Waals surface area contributed by atoms with Crippen LogP contribution in [0.25, 0.3) is 5.69 Å². The minimum absolute atomic E-state index is 0.263. The fourth-order valence-electron chi connectivity index (χ4n) is 2.69. The molecule has 6 nitrogen and oxygen atoms in total. The van der Waals surface area contributed by atoms with Gasteiger partial charge in [-0.2, -0.15) is 0 Å². The number of aryl methyl sites for hydroxylation is 2. The second kappa shape index (κ2) is 8.26. The number of rotatable bonds is 7. The Kier molecular flexibility index (Phi) is 5.81. The number of primary amides is 1. The van der Waals surface area contributed by atoms with E-state index in [1.165, 1.54) is 11.8 Å². The van der Waals surface area contributed by atoms with E-state index in [1.54, 1.807) is 6.92 Å². The summed E-state index contributed by atoms with van der Waals surface area (Å²) in [5.41, 5.74) is 8.44. The monoisotopic (exact) mass is 382 g/mol. The smallest absolute Gasteiger partial charge is 0.230 e. The van der Waals surface area contributed by atoms with E-state index in [4.69, 9.17) is 10.5 Å². The van der Waals surface area contributed by atoms with Crippen LogP contribution in [0.15, 0.2) is 53.7 Å². The summed E-state index contributed by atoms with van der Waals surface area (Å²) in [6.45, 7) is 6.04. The van der Waals surface area contributed by atoms with Gasteiger partial charge in [-0.25, -0.2) is 0 Å². The highest BCUT2D eigenvalue weighted by atomic mass is 32.2. The van der Waals surface area contributed by atoms with Crippen LogP contribution in [0.2, 0.25) is 0 Å². The van der Waals surface area contributed by atoms with E-state index in [0.29, 0.717) is 11.0 Å². The molecule has 0 fully saturated rings. The van der Waals surface area contributed by atoms with E-state index in [2.05, 4.69) is 10.2 Å². The van der Waals surface area contributed by atoms with Gasteiger partial charge in [0.25, 0.3) is 0 Å². The van der Waals surface area contributed by atoms with Crippen LogP contribution in [0.1, 0.15) is 23.9 Å². The molecule has 0 saturated carbocycles. The van der Waals surface area contributed by atoms with E-state index in [-0.39, 0.29) is 6.61 Å². The minimum Gasteiger partial charge on any atom is -0.485 e. The van der Waals surface area contributed by atoms with Crippen molar-refractivity contribution in [3.63, 3.8) is 0 Å². The lowest BCUT2D eigenvalue weighted by Gasteiger charge is -2.14. The van der Waals surface area contributed by atoms with Gasteiger partial charge in [-0.15, -0.1) is 10.2 Å². The number of amides is 1. The molecule has 7 heteroatoms. The molecule has 3 aromatic rings. The van der Waals surface area contributed by atoms with Gasteiger partial charge < -0.3 is 10.5 Å². The van der Waals surface area contributed by atoms with Crippen LogP contribution in [0, 0.1) is 13.8 Å². The summed E-state index contributed by atoms with van der Waals surface area (Å²) in [6.07, 6.45) is 0. The van der Waals surface area contributed by atoms with Crippen LogP contribution < -0.4 is 10.5 Å². The molecule has 1 heterocycles. The third-order valence-corrected chi connectivity index (χ3v) is 5.21. The summed E-state index contributed by atoms with van der Waals surface area (Å²) >= 11 is 1.28. The van der Waals surface area contributed by atoms with E-state index < -0.39 is 11.2 Å². The average molecular weight is 382 g/mol. The lowest BCUT2D eigenvalue weighted by atomic mass is 10.1. The number of thioether (sulfide) groups is 1.